The van der Waals surface area contributed by atoms with Gasteiger partial charge in [0.15, 0.2) is 9.84 Å². The second-order valence-corrected chi connectivity index (χ2v) is 7.40. The first-order valence-corrected chi connectivity index (χ1v) is 8.34. The van der Waals surface area contributed by atoms with Crippen LogP contribution in [0.5, 0.6) is 0 Å². The number of hydrogen-bond acceptors (Lipinski definition) is 4. The molecular weight excluding hydrogens is 298 g/mol. The molecule has 0 aliphatic heterocycles. The van der Waals surface area contributed by atoms with Crippen LogP contribution < -0.4 is 0 Å². The molecule has 0 spiro atoms. The maximum Gasteiger partial charge on any atom is 0.183 e. The van der Waals surface area contributed by atoms with Crippen LogP contribution in [0.2, 0.25) is 0 Å². The van der Waals surface area contributed by atoms with Crippen LogP contribution in [0.4, 0.5) is 0 Å². The molecule has 1 saturated carbocycles. The van der Waals surface area contributed by atoms with E-state index >= 15 is 0 Å². The number of sulfone groups is 1. The number of hydrogen-bond donors (Lipinski definition) is 0. The Morgan fingerprint density at radius 1 is 1.00 bits per heavy atom. The van der Waals surface area contributed by atoms with Crippen LogP contribution >= 0.6 is 0 Å². The maximum absolute atomic E-state index is 12.8. The molecule has 1 fully saturated rings. The molecule has 110 valence electrons. The average Bonchev–Trinajstić information content (AvgIpc) is 3.27. The van der Waals surface area contributed by atoms with Crippen molar-refractivity contribution in [1.29, 1.82) is 5.26 Å². The van der Waals surface area contributed by atoms with Gasteiger partial charge < -0.3 is 4.79 Å². The third kappa shape index (κ3) is 1.96. The van der Waals surface area contributed by atoms with E-state index in [4.69, 9.17) is 0 Å². The molecular formula is C17H13NO3S. The van der Waals surface area contributed by atoms with Gasteiger partial charge in [0.25, 0.3) is 0 Å². The Labute approximate surface area is 128 Å². The van der Waals surface area contributed by atoms with Crippen LogP contribution in [-0.4, -0.2) is 20.0 Å². The monoisotopic (exact) mass is 311 g/mol. The van der Waals surface area contributed by atoms with Crippen LogP contribution in [0.1, 0.15) is 11.5 Å². The zero-order valence-electron chi connectivity index (χ0n) is 11.6. The maximum atomic E-state index is 12.8. The van der Waals surface area contributed by atoms with Gasteiger partial charge in [0.05, 0.1) is 11.0 Å². The normalized spacial score (nSPS) is 26.9. The lowest BCUT2D eigenvalue weighted by molar-refractivity contribution is -0.110. The van der Waals surface area contributed by atoms with E-state index in [2.05, 4.69) is 0 Å². The number of carbonyl (C=O) groups excluding carboxylic acids is 1. The fourth-order valence-corrected chi connectivity index (χ4v) is 5.24. The van der Waals surface area contributed by atoms with E-state index < -0.39 is 26.4 Å². The second kappa shape index (κ2) is 5.08. The molecule has 0 amide bonds. The van der Waals surface area contributed by atoms with Crippen molar-refractivity contribution in [3.8, 4) is 6.07 Å². The number of rotatable bonds is 4. The van der Waals surface area contributed by atoms with Crippen molar-refractivity contribution in [2.45, 2.75) is 16.1 Å². The number of nitrogens with zero attached hydrogens (tertiary/aromatic N) is 1. The smallest absolute Gasteiger partial charge is 0.183 e. The molecule has 0 aromatic heterocycles. The summed E-state index contributed by atoms with van der Waals surface area (Å²) in [5.41, 5.74) is -0.809. The number of aldehydes is 1. The quantitative estimate of drug-likeness (QED) is 0.812. The van der Waals surface area contributed by atoms with E-state index in [9.17, 15) is 18.5 Å². The third-order valence-electron chi connectivity index (χ3n) is 4.13. The second-order valence-electron chi connectivity index (χ2n) is 5.33. The number of carbonyl (C=O) groups is 1. The van der Waals surface area contributed by atoms with Gasteiger partial charge in [-0.25, -0.2) is 8.42 Å². The Kier molecular flexibility index (Phi) is 3.34. The number of benzene rings is 2. The van der Waals surface area contributed by atoms with Crippen molar-refractivity contribution < 1.29 is 13.2 Å². The molecule has 0 heterocycles. The molecule has 4 nitrogen and oxygen atoms in total. The zero-order chi connectivity index (χ0) is 15.8. The Bertz CT molecular complexity index is 840. The molecule has 2 aromatic carbocycles. The lowest BCUT2D eigenvalue weighted by Crippen LogP contribution is -2.16. The zero-order valence-corrected chi connectivity index (χ0v) is 12.4. The highest BCUT2D eigenvalue weighted by Crippen LogP contribution is 2.62. The van der Waals surface area contributed by atoms with Crippen LogP contribution in [-0.2, 0) is 14.6 Å². The molecule has 3 rings (SSSR count). The summed E-state index contributed by atoms with van der Waals surface area (Å²) in [5.74, 6) is -0.624. The molecule has 1 aliphatic carbocycles. The van der Waals surface area contributed by atoms with Gasteiger partial charge in [-0.3, -0.25) is 0 Å². The molecule has 0 N–H and O–H groups in total. The molecule has 3 atom stereocenters. The molecule has 0 unspecified atom stereocenters. The first-order chi connectivity index (χ1) is 10.6. The highest BCUT2D eigenvalue weighted by atomic mass is 32.2. The predicted molar refractivity (Wildman–Crippen MR) is 80.7 cm³/mol. The molecule has 0 saturated heterocycles. The summed E-state index contributed by atoms with van der Waals surface area (Å²) in [4.78, 5) is 11.6. The van der Waals surface area contributed by atoms with Crippen LogP contribution in [0.25, 0.3) is 0 Å². The van der Waals surface area contributed by atoms with E-state index in [0.717, 1.165) is 0 Å². The summed E-state index contributed by atoms with van der Waals surface area (Å²) in [6.07, 6.45) is 0.482. The minimum Gasteiger partial charge on any atom is -0.302 e. The van der Waals surface area contributed by atoms with Gasteiger partial charge in [0.2, 0.25) is 0 Å². The van der Waals surface area contributed by atoms with Crippen molar-refractivity contribution >= 4 is 16.1 Å². The summed E-state index contributed by atoms with van der Waals surface area (Å²) in [6, 6.07) is 18.7. The Hall–Kier alpha value is -2.45. The van der Waals surface area contributed by atoms with E-state index in [-0.39, 0.29) is 4.90 Å². The lowest BCUT2D eigenvalue weighted by Gasteiger charge is -2.03. The molecule has 22 heavy (non-hydrogen) atoms. The number of nitriles is 1. The van der Waals surface area contributed by atoms with Gasteiger partial charge in [-0.2, -0.15) is 5.26 Å². The summed E-state index contributed by atoms with van der Waals surface area (Å²) < 4.78 is 25.6. The van der Waals surface area contributed by atoms with Gasteiger partial charge in [-0.1, -0.05) is 48.5 Å². The predicted octanol–water partition coefficient (Wildman–Crippen LogP) is 2.34. The lowest BCUT2D eigenvalue weighted by atomic mass is 10.0. The van der Waals surface area contributed by atoms with Gasteiger partial charge in [-0.05, 0) is 17.7 Å². The Balaban J connectivity index is 2.10. The van der Waals surface area contributed by atoms with Gasteiger partial charge >= 0.3 is 0 Å². The van der Waals surface area contributed by atoms with Crippen LogP contribution in [0.3, 0.4) is 0 Å². The fourth-order valence-electron chi connectivity index (χ4n) is 2.98. The third-order valence-corrected chi connectivity index (χ3v) is 6.39. The first-order valence-electron chi connectivity index (χ1n) is 6.79. The van der Waals surface area contributed by atoms with Gasteiger partial charge in [0.1, 0.15) is 17.0 Å². The van der Waals surface area contributed by atoms with Crippen molar-refractivity contribution in [2.75, 3.05) is 0 Å². The topological polar surface area (TPSA) is 75.0 Å². The van der Waals surface area contributed by atoms with Crippen molar-refractivity contribution in [1.82, 2.24) is 0 Å². The van der Waals surface area contributed by atoms with Gasteiger partial charge in [-0.15, -0.1) is 0 Å². The Morgan fingerprint density at radius 3 is 2.05 bits per heavy atom. The molecule has 0 bridgehead atoms. The highest BCUT2D eigenvalue weighted by molar-refractivity contribution is 7.92. The van der Waals surface area contributed by atoms with E-state index in [0.29, 0.717) is 11.8 Å². The van der Waals surface area contributed by atoms with Crippen molar-refractivity contribution in [3.05, 3.63) is 66.2 Å². The Morgan fingerprint density at radius 2 is 1.55 bits per heavy atom. The first kappa shape index (κ1) is 14.5. The van der Waals surface area contributed by atoms with E-state index in [1.165, 1.54) is 12.1 Å². The van der Waals surface area contributed by atoms with Gasteiger partial charge in [0, 0.05) is 5.92 Å². The average molecular weight is 311 g/mol. The summed E-state index contributed by atoms with van der Waals surface area (Å²) in [6.45, 7) is 0. The molecule has 5 heteroatoms. The van der Waals surface area contributed by atoms with Crippen molar-refractivity contribution in [3.63, 3.8) is 0 Å². The van der Waals surface area contributed by atoms with Crippen LogP contribution in [0, 0.1) is 16.7 Å². The van der Waals surface area contributed by atoms with Crippen molar-refractivity contribution in [2.24, 2.45) is 5.41 Å². The SMILES string of the molecule is N#C[C@]1(C=O)[C@@H](c2ccccc2)[C@@H]1S(=O)(=O)c1ccccc1. The van der Waals surface area contributed by atoms with E-state index in [1.54, 1.807) is 42.5 Å². The summed E-state index contributed by atoms with van der Waals surface area (Å²) >= 11 is 0. The molecule has 2 aromatic rings. The standard InChI is InChI=1S/C17H13NO3S/c18-11-17(12-19)15(13-7-3-1-4-8-13)16(17)22(20,21)14-9-5-2-6-10-14/h1-10,12,15-16H/t15-,16-,17-/m0/s1. The van der Waals surface area contributed by atoms with Crippen LogP contribution in [0.15, 0.2) is 65.6 Å². The summed E-state index contributed by atoms with van der Waals surface area (Å²) in [7, 11) is -3.75. The van der Waals surface area contributed by atoms with E-state index in [1.807, 2.05) is 12.1 Å². The fraction of sp³-hybridized carbons (Fsp3) is 0.176. The highest BCUT2D eigenvalue weighted by Gasteiger charge is 2.72. The minimum atomic E-state index is -3.75. The summed E-state index contributed by atoms with van der Waals surface area (Å²) in [5, 5.41) is 8.39. The largest absolute Gasteiger partial charge is 0.302 e. The minimum absolute atomic E-state index is 0.139. The molecule has 1 aliphatic rings. The molecule has 0 radical (unpaired) electrons.